The molecule has 0 bridgehead atoms. The molecule has 0 unspecified atom stereocenters. The smallest absolute Gasteiger partial charge is 0.282 e. The molecular formula is C20H19Cl2N3O3S. The number of piperazine rings is 1. The molecule has 1 N–H and O–H groups in total. The van der Waals surface area contributed by atoms with Crippen LogP contribution in [0.15, 0.2) is 41.4 Å². The summed E-state index contributed by atoms with van der Waals surface area (Å²) in [4.78, 5) is 32.8. The highest BCUT2D eigenvalue weighted by molar-refractivity contribution is 7.11. The van der Waals surface area contributed by atoms with Gasteiger partial charge in [-0.1, -0.05) is 35.3 Å². The number of hydrogen-bond donors (Lipinski definition) is 1. The Balaban J connectivity index is 1.73. The molecule has 6 nitrogen and oxygen atoms in total. The number of nitrogens with zero attached hydrogens (tertiary/aromatic N) is 3. The fourth-order valence-corrected chi connectivity index (χ4v) is 4.82. The Labute approximate surface area is 182 Å². The SMILES string of the molecule is O=C1C(c2cccs2)=C(N2CCN(CCO)CC2)C(=O)N1c1cccc(Cl)c1Cl. The minimum absolute atomic E-state index is 0.0988. The first-order valence-electron chi connectivity index (χ1n) is 9.22. The second-order valence-corrected chi connectivity index (χ2v) is 8.50. The summed E-state index contributed by atoms with van der Waals surface area (Å²) in [6.45, 7) is 3.31. The number of aliphatic hydroxyl groups excluding tert-OH is 1. The van der Waals surface area contributed by atoms with E-state index >= 15 is 0 Å². The van der Waals surface area contributed by atoms with Crippen molar-refractivity contribution < 1.29 is 14.7 Å². The first-order chi connectivity index (χ1) is 14.0. The molecule has 29 heavy (non-hydrogen) atoms. The number of thiophene rings is 1. The van der Waals surface area contributed by atoms with Gasteiger partial charge in [-0.2, -0.15) is 0 Å². The van der Waals surface area contributed by atoms with E-state index in [4.69, 9.17) is 28.3 Å². The van der Waals surface area contributed by atoms with Crippen LogP contribution in [-0.4, -0.2) is 66.1 Å². The van der Waals surface area contributed by atoms with Gasteiger partial charge in [0.25, 0.3) is 11.8 Å². The topological polar surface area (TPSA) is 64.1 Å². The minimum atomic E-state index is -0.394. The van der Waals surface area contributed by atoms with Crippen molar-refractivity contribution in [1.29, 1.82) is 0 Å². The van der Waals surface area contributed by atoms with E-state index in [1.807, 2.05) is 22.4 Å². The van der Waals surface area contributed by atoms with Crippen LogP contribution in [0.2, 0.25) is 10.0 Å². The van der Waals surface area contributed by atoms with Crippen LogP contribution in [0.4, 0.5) is 5.69 Å². The highest BCUT2D eigenvalue weighted by Gasteiger charge is 2.44. The molecule has 1 aromatic carbocycles. The monoisotopic (exact) mass is 451 g/mol. The van der Waals surface area contributed by atoms with Gasteiger partial charge >= 0.3 is 0 Å². The Morgan fingerprint density at radius 2 is 1.76 bits per heavy atom. The van der Waals surface area contributed by atoms with Gasteiger partial charge in [-0.3, -0.25) is 14.5 Å². The standard InChI is InChI=1S/C20H19Cl2N3O3S/c21-13-3-1-4-14(17(13)22)25-19(27)16(15-5-2-12-29-15)18(20(25)28)24-8-6-23(7-9-24)10-11-26/h1-5,12,26H,6-11H2. The van der Waals surface area contributed by atoms with Gasteiger partial charge in [0, 0.05) is 37.6 Å². The number of carbonyl (C=O) groups excluding carboxylic acids is 2. The average Bonchev–Trinajstić information content (AvgIpc) is 3.32. The molecule has 1 saturated heterocycles. The lowest BCUT2D eigenvalue weighted by Crippen LogP contribution is -2.48. The molecule has 3 heterocycles. The Bertz CT molecular complexity index is 969. The molecule has 2 aromatic rings. The second-order valence-electron chi connectivity index (χ2n) is 6.77. The third-order valence-electron chi connectivity index (χ3n) is 5.10. The zero-order chi connectivity index (χ0) is 20.5. The van der Waals surface area contributed by atoms with Crippen LogP contribution in [-0.2, 0) is 9.59 Å². The van der Waals surface area contributed by atoms with Crippen LogP contribution >= 0.6 is 34.5 Å². The molecule has 9 heteroatoms. The number of halogens is 2. The predicted molar refractivity (Wildman–Crippen MR) is 115 cm³/mol. The lowest BCUT2D eigenvalue weighted by molar-refractivity contribution is -0.120. The summed E-state index contributed by atoms with van der Waals surface area (Å²) in [6.07, 6.45) is 0. The van der Waals surface area contributed by atoms with Gasteiger partial charge < -0.3 is 10.0 Å². The molecule has 2 aliphatic rings. The fourth-order valence-electron chi connectivity index (χ4n) is 3.67. The zero-order valence-electron chi connectivity index (χ0n) is 15.5. The molecule has 1 fully saturated rings. The van der Waals surface area contributed by atoms with Crippen molar-refractivity contribution in [3.05, 3.63) is 56.3 Å². The van der Waals surface area contributed by atoms with Crippen molar-refractivity contribution in [2.24, 2.45) is 0 Å². The highest BCUT2D eigenvalue weighted by atomic mass is 35.5. The Morgan fingerprint density at radius 3 is 2.41 bits per heavy atom. The van der Waals surface area contributed by atoms with Crippen molar-refractivity contribution in [2.75, 3.05) is 44.2 Å². The summed E-state index contributed by atoms with van der Waals surface area (Å²) in [5.41, 5.74) is 1.09. The van der Waals surface area contributed by atoms with E-state index in [9.17, 15) is 9.59 Å². The number of β-amino-alcohol motifs (C(OH)–C–C–N with tert-alkyl or cyclic N) is 1. The highest BCUT2D eigenvalue weighted by Crippen LogP contribution is 2.40. The van der Waals surface area contributed by atoms with Crippen LogP contribution in [0.5, 0.6) is 0 Å². The maximum absolute atomic E-state index is 13.4. The second kappa shape index (κ2) is 8.45. The van der Waals surface area contributed by atoms with E-state index in [0.717, 1.165) is 9.78 Å². The van der Waals surface area contributed by atoms with E-state index in [2.05, 4.69) is 4.90 Å². The number of aliphatic hydroxyl groups is 1. The molecule has 2 amide bonds. The van der Waals surface area contributed by atoms with E-state index in [1.165, 1.54) is 11.3 Å². The lowest BCUT2D eigenvalue weighted by atomic mass is 10.1. The number of carbonyl (C=O) groups is 2. The summed E-state index contributed by atoms with van der Waals surface area (Å²) in [5, 5.41) is 11.5. The summed E-state index contributed by atoms with van der Waals surface area (Å²) in [6, 6.07) is 8.61. The molecule has 1 aromatic heterocycles. The summed E-state index contributed by atoms with van der Waals surface area (Å²) in [7, 11) is 0. The van der Waals surface area contributed by atoms with E-state index < -0.39 is 11.8 Å². The Hall–Kier alpha value is -1.90. The molecule has 0 aliphatic carbocycles. The molecule has 4 rings (SSSR count). The molecule has 2 aliphatic heterocycles. The minimum Gasteiger partial charge on any atom is -0.395 e. The van der Waals surface area contributed by atoms with Crippen molar-refractivity contribution in [3.63, 3.8) is 0 Å². The van der Waals surface area contributed by atoms with Crippen LogP contribution in [0, 0.1) is 0 Å². The third kappa shape index (κ3) is 3.69. The van der Waals surface area contributed by atoms with E-state index in [0.29, 0.717) is 44.0 Å². The third-order valence-corrected chi connectivity index (χ3v) is 6.80. The maximum Gasteiger partial charge on any atom is 0.282 e. The summed E-state index contributed by atoms with van der Waals surface area (Å²) < 4.78 is 0. The van der Waals surface area contributed by atoms with Gasteiger partial charge in [-0.25, -0.2) is 4.90 Å². The van der Waals surface area contributed by atoms with Crippen molar-refractivity contribution in [2.45, 2.75) is 0 Å². The van der Waals surface area contributed by atoms with Gasteiger partial charge in [0.05, 0.1) is 27.9 Å². The largest absolute Gasteiger partial charge is 0.395 e. The summed E-state index contributed by atoms with van der Waals surface area (Å²) >= 11 is 13.9. The normalized spacial score (nSPS) is 18.3. The first kappa shape index (κ1) is 20.4. The van der Waals surface area contributed by atoms with Crippen LogP contribution in [0.25, 0.3) is 5.57 Å². The average molecular weight is 452 g/mol. The molecule has 0 atom stereocenters. The van der Waals surface area contributed by atoms with Crippen molar-refractivity contribution >= 4 is 57.6 Å². The first-order valence-corrected chi connectivity index (χ1v) is 10.9. The molecule has 0 saturated carbocycles. The quantitative estimate of drug-likeness (QED) is 0.707. The predicted octanol–water partition coefficient (Wildman–Crippen LogP) is 2.95. The Kier molecular flexibility index (Phi) is 5.94. The molecule has 0 radical (unpaired) electrons. The Morgan fingerprint density at radius 1 is 1.00 bits per heavy atom. The molecule has 152 valence electrons. The fraction of sp³-hybridized carbons (Fsp3) is 0.300. The van der Waals surface area contributed by atoms with Crippen LogP contribution < -0.4 is 4.90 Å². The number of anilines is 1. The van der Waals surface area contributed by atoms with Gasteiger partial charge in [-0.15, -0.1) is 11.3 Å². The lowest BCUT2D eigenvalue weighted by Gasteiger charge is -2.36. The van der Waals surface area contributed by atoms with Crippen LogP contribution in [0.3, 0.4) is 0 Å². The van der Waals surface area contributed by atoms with Gasteiger partial charge in [0.15, 0.2) is 0 Å². The summed E-state index contributed by atoms with van der Waals surface area (Å²) in [5.74, 6) is -0.785. The number of imide groups is 1. The maximum atomic E-state index is 13.4. The molecular weight excluding hydrogens is 433 g/mol. The number of rotatable bonds is 5. The van der Waals surface area contributed by atoms with Crippen molar-refractivity contribution in [3.8, 4) is 0 Å². The number of amides is 2. The number of benzene rings is 1. The van der Waals surface area contributed by atoms with Crippen LogP contribution in [0.1, 0.15) is 4.88 Å². The van der Waals surface area contributed by atoms with E-state index in [1.54, 1.807) is 18.2 Å². The number of hydrogen-bond acceptors (Lipinski definition) is 6. The van der Waals surface area contributed by atoms with Gasteiger partial charge in [-0.05, 0) is 23.6 Å². The zero-order valence-corrected chi connectivity index (χ0v) is 17.8. The molecule has 0 spiro atoms. The van der Waals surface area contributed by atoms with Gasteiger partial charge in [0.2, 0.25) is 0 Å². The van der Waals surface area contributed by atoms with Gasteiger partial charge in [0.1, 0.15) is 5.70 Å². The van der Waals surface area contributed by atoms with Crippen molar-refractivity contribution in [1.82, 2.24) is 9.80 Å². The van der Waals surface area contributed by atoms with E-state index in [-0.39, 0.29) is 22.3 Å².